The Bertz CT molecular complexity index is 1320. The summed E-state index contributed by atoms with van der Waals surface area (Å²) in [6, 6.07) is 13.5. The van der Waals surface area contributed by atoms with Crippen molar-refractivity contribution in [2.24, 2.45) is 0 Å². The third kappa shape index (κ3) is 5.22. The molecule has 0 bridgehead atoms. The molecule has 0 aliphatic carbocycles. The van der Waals surface area contributed by atoms with Crippen molar-refractivity contribution in [1.82, 2.24) is 20.1 Å². The van der Waals surface area contributed by atoms with Gasteiger partial charge in [0.2, 0.25) is 5.88 Å². The first-order valence-electron chi connectivity index (χ1n) is 10.1. The summed E-state index contributed by atoms with van der Waals surface area (Å²) >= 11 is 0. The van der Waals surface area contributed by atoms with Crippen LogP contribution in [-0.4, -0.2) is 20.7 Å². The van der Waals surface area contributed by atoms with Crippen LogP contribution in [0.15, 0.2) is 73.1 Å². The van der Waals surface area contributed by atoms with Gasteiger partial charge >= 0.3 is 6.18 Å². The van der Waals surface area contributed by atoms with E-state index in [4.69, 9.17) is 4.74 Å². The van der Waals surface area contributed by atoms with E-state index in [9.17, 15) is 22.4 Å². The largest absolute Gasteiger partial charge is 0.439 e. The summed E-state index contributed by atoms with van der Waals surface area (Å²) in [5, 5.41) is 6.83. The van der Waals surface area contributed by atoms with Gasteiger partial charge in [0.05, 0.1) is 28.7 Å². The lowest BCUT2D eigenvalue weighted by molar-refractivity contribution is -0.137. The van der Waals surface area contributed by atoms with Gasteiger partial charge < -0.3 is 10.1 Å². The molecule has 0 aliphatic rings. The number of hydrogen-bond acceptors (Lipinski definition) is 4. The van der Waals surface area contributed by atoms with E-state index in [0.29, 0.717) is 17.0 Å². The molecule has 0 atom stereocenters. The van der Waals surface area contributed by atoms with Gasteiger partial charge in [-0.15, -0.1) is 0 Å². The average molecular weight is 470 g/mol. The third-order valence-electron chi connectivity index (χ3n) is 4.96. The highest BCUT2D eigenvalue weighted by atomic mass is 19.4. The highest BCUT2D eigenvalue weighted by Crippen LogP contribution is 2.30. The molecule has 1 amide bonds. The maximum atomic E-state index is 13.0. The molecule has 6 nitrogen and oxygen atoms in total. The Labute approximate surface area is 191 Å². The van der Waals surface area contributed by atoms with Crippen molar-refractivity contribution in [3.8, 4) is 17.3 Å². The van der Waals surface area contributed by atoms with Crippen molar-refractivity contribution in [3.63, 3.8) is 0 Å². The third-order valence-corrected chi connectivity index (χ3v) is 4.96. The van der Waals surface area contributed by atoms with Crippen molar-refractivity contribution in [3.05, 3.63) is 101 Å². The van der Waals surface area contributed by atoms with Gasteiger partial charge in [0.25, 0.3) is 5.91 Å². The summed E-state index contributed by atoms with van der Waals surface area (Å²) in [6.07, 6.45) is -1.67. The zero-order valence-electron chi connectivity index (χ0n) is 17.8. The maximum Gasteiger partial charge on any atom is 0.416 e. The second-order valence-corrected chi connectivity index (χ2v) is 7.34. The van der Waals surface area contributed by atoms with E-state index < -0.39 is 17.6 Å². The Hall–Kier alpha value is -4.21. The number of carbonyl (C=O) groups is 1. The summed E-state index contributed by atoms with van der Waals surface area (Å²) < 4.78 is 59.0. The molecule has 0 spiro atoms. The van der Waals surface area contributed by atoms with E-state index >= 15 is 0 Å². The molecule has 0 fully saturated rings. The first kappa shape index (κ1) is 23.0. The second-order valence-electron chi connectivity index (χ2n) is 7.34. The fraction of sp³-hybridized carbons (Fsp3) is 0.125. The molecular weight excluding hydrogens is 452 g/mol. The number of hydrogen-bond donors (Lipinski definition) is 1. The van der Waals surface area contributed by atoms with Gasteiger partial charge in [-0.05, 0) is 61.0 Å². The van der Waals surface area contributed by atoms with Crippen LogP contribution in [0.3, 0.4) is 0 Å². The van der Waals surface area contributed by atoms with Crippen molar-refractivity contribution in [1.29, 1.82) is 0 Å². The average Bonchev–Trinajstić information content (AvgIpc) is 3.20. The van der Waals surface area contributed by atoms with E-state index in [0.717, 1.165) is 12.1 Å². The minimum Gasteiger partial charge on any atom is -0.439 e. The zero-order valence-corrected chi connectivity index (χ0v) is 17.8. The first-order chi connectivity index (χ1) is 16.2. The number of halogens is 4. The molecule has 4 aromatic rings. The summed E-state index contributed by atoms with van der Waals surface area (Å²) in [5.74, 6) is -0.142. The van der Waals surface area contributed by atoms with E-state index in [2.05, 4.69) is 15.4 Å². The van der Waals surface area contributed by atoms with E-state index in [1.165, 1.54) is 53.5 Å². The van der Waals surface area contributed by atoms with E-state index in [-0.39, 0.29) is 29.5 Å². The van der Waals surface area contributed by atoms with Gasteiger partial charge in [0, 0.05) is 18.8 Å². The maximum absolute atomic E-state index is 13.0. The van der Waals surface area contributed by atoms with Crippen molar-refractivity contribution in [2.75, 3.05) is 0 Å². The van der Waals surface area contributed by atoms with Crippen LogP contribution in [0.5, 0.6) is 11.6 Å². The SMILES string of the molecule is Cc1c(C(=O)NCc2ccnc(Oc3ccc(F)cc3)c2)cnn1-c1cccc(C(F)(F)F)c1. The van der Waals surface area contributed by atoms with Crippen LogP contribution in [-0.2, 0) is 12.7 Å². The molecule has 0 saturated heterocycles. The quantitative estimate of drug-likeness (QED) is 0.380. The van der Waals surface area contributed by atoms with Crippen LogP contribution < -0.4 is 10.1 Å². The Morgan fingerprint density at radius 1 is 1.09 bits per heavy atom. The lowest BCUT2D eigenvalue weighted by Crippen LogP contribution is -2.23. The Morgan fingerprint density at radius 2 is 1.85 bits per heavy atom. The molecule has 2 aromatic carbocycles. The Morgan fingerprint density at radius 3 is 2.59 bits per heavy atom. The van der Waals surface area contributed by atoms with Crippen LogP contribution >= 0.6 is 0 Å². The van der Waals surface area contributed by atoms with E-state index in [1.54, 1.807) is 19.1 Å². The summed E-state index contributed by atoms with van der Waals surface area (Å²) in [5.41, 5.74) is 0.717. The number of amides is 1. The summed E-state index contributed by atoms with van der Waals surface area (Å²) in [6.45, 7) is 1.75. The molecule has 1 N–H and O–H groups in total. The van der Waals surface area contributed by atoms with Crippen LogP contribution in [0.2, 0.25) is 0 Å². The molecule has 34 heavy (non-hydrogen) atoms. The number of pyridine rings is 1. The van der Waals surface area contributed by atoms with Gasteiger partial charge in [0.1, 0.15) is 11.6 Å². The molecule has 2 aromatic heterocycles. The zero-order chi connectivity index (χ0) is 24.3. The number of benzene rings is 2. The van der Waals surface area contributed by atoms with Gasteiger partial charge in [-0.1, -0.05) is 6.07 Å². The number of carbonyl (C=O) groups excluding carboxylic acids is 1. The van der Waals surface area contributed by atoms with Crippen molar-refractivity contribution < 1.29 is 27.1 Å². The van der Waals surface area contributed by atoms with E-state index in [1.807, 2.05) is 0 Å². The van der Waals surface area contributed by atoms with Crippen LogP contribution in [0, 0.1) is 12.7 Å². The Balaban J connectivity index is 1.44. The number of rotatable bonds is 6. The lowest BCUT2D eigenvalue weighted by atomic mass is 10.2. The van der Waals surface area contributed by atoms with Crippen LogP contribution in [0.1, 0.15) is 27.2 Å². The predicted molar refractivity (Wildman–Crippen MR) is 115 cm³/mol. The Kier molecular flexibility index (Phi) is 6.31. The van der Waals surface area contributed by atoms with Gasteiger partial charge in [-0.2, -0.15) is 18.3 Å². The van der Waals surface area contributed by atoms with Gasteiger partial charge in [0.15, 0.2) is 0 Å². The molecule has 2 heterocycles. The summed E-state index contributed by atoms with van der Waals surface area (Å²) in [4.78, 5) is 16.8. The molecular formula is C24H18F4N4O2. The second kappa shape index (κ2) is 9.34. The first-order valence-corrected chi connectivity index (χ1v) is 10.1. The number of nitrogens with zero attached hydrogens (tertiary/aromatic N) is 3. The highest BCUT2D eigenvalue weighted by Gasteiger charge is 2.30. The highest BCUT2D eigenvalue weighted by molar-refractivity contribution is 5.95. The predicted octanol–water partition coefficient (Wildman–Crippen LogP) is 5.46. The molecule has 0 aliphatic heterocycles. The number of alkyl halides is 3. The van der Waals surface area contributed by atoms with Gasteiger partial charge in [-0.25, -0.2) is 14.1 Å². The van der Waals surface area contributed by atoms with Crippen molar-refractivity contribution in [2.45, 2.75) is 19.6 Å². The fourth-order valence-electron chi connectivity index (χ4n) is 3.22. The topological polar surface area (TPSA) is 69.0 Å². The smallest absolute Gasteiger partial charge is 0.416 e. The summed E-state index contributed by atoms with van der Waals surface area (Å²) in [7, 11) is 0. The normalized spacial score (nSPS) is 11.3. The fourth-order valence-corrected chi connectivity index (χ4v) is 3.22. The monoisotopic (exact) mass is 470 g/mol. The molecule has 4 rings (SSSR count). The van der Waals surface area contributed by atoms with Gasteiger partial charge in [-0.3, -0.25) is 4.79 Å². The molecule has 0 radical (unpaired) electrons. The van der Waals surface area contributed by atoms with Crippen LogP contribution in [0.4, 0.5) is 17.6 Å². The molecule has 174 valence electrons. The number of nitrogens with one attached hydrogen (secondary N) is 1. The minimum atomic E-state index is -4.49. The number of ether oxygens (including phenoxy) is 1. The molecule has 0 unspecified atom stereocenters. The standard InChI is InChI=1S/C24H18F4N4O2/c1-15-21(14-31-32(15)19-4-2-3-17(12-19)24(26,27)28)23(33)30-13-16-9-10-29-22(11-16)34-20-7-5-18(25)6-8-20/h2-12,14H,13H2,1H3,(H,30,33). The van der Waals surface area contributed by atoms with Crippen LogP contribution in [0.25, 0.3) is 5.69 Å². The lowest BCUT2D eigenvalue weighted by Gasteiger charge is -2.10. The minimum absolute atomic E-state index is 0.148. The van der Waals surface area contributed by atoms with Crippen molar-refractivity contribution >= 4 is 5.91 Å². The molecule has 0 saturated carbocycles. The molecule has 10 heteroatoms. The number of aromatic nitrogens is 3.